The van der Waals surface area contributed by atoms with Gasteiger partial charge >= 0.3 is 0 Å². The zero-order chi connectivity index (χ0) is 10.9. The van der Waals surface area contributed by atoms with Crippen LogP contribution in [0, 0.1) is 5.92 Å². The first-order valence-corrected chi connectivity index (χ1v) is 7.40. The van der Waals surface area contributed by atoms with E-state index in [0.717, 1.165) is 16.9 Å². The second-order valence-electron chi connectivity index (χ2n) is 5.11. The van der Waals surface area contributed by atoms with E-state index in [1.54, 1.807) is 0 Å². The Labute approximate surface area is 91.6 Å². The summed E-state index contributed by atoms with van der Waals surface area (Å²) in [7, 11) is -3.76. The van der Waals surface area contributed by atoms with Crippen LogP contribution in [-0.2, 0) is 10.1 Å². The Morgan fingerprint density at radius 2 is 1.67 bits per heavy atom. The molecule has 3 saturated heterocycles. The van der Waals surface area contributed by atoms with Gasteiger partial charge in [0, 0.05) is 6.42 Å². The van der Waals surface area contributed by atoms with Crippen LogP contribution in [0.15, 0.2) is 0 Å². The topological polar surface area (TPSA) is 54.4 Å². The average Bonchev–Trinajstić information content (AvgIpc) is 2.18. The highest BCUT2D eigenvalue weighted by atomic mass is 32.2. The normalized spacial score (nSPS) is 35.7. The summed E-state index contributed by atoms with van der Waals surface area (Å²) in [5.74, 6) is 0.864. The Morgan fingerprint density at radius 3 is 2.13 bits per heavy atom. The molecule has 88 valence electrons. The van der Waals surface area contributed by atoms with Crippen molar-refractivity contribution in [1.82, 2.24) is 0 Å². The van der Waals surface area contributed by atoms with Crippen molar-refractivity contribution < 1.29 is 17.5 Å². The molecule has 0 radical (unpaired) electrons. The number of nitrogens with zero attached hydrogens (tertiary/aromatic N) is 1. The summed E-state index contributed by atoms with van der Waals surface area (Å²) in [6.45, 7) is 4.58. The summed E-state index contributed by atoms with van der Waals surface area (Å²) in [6, 6.07) is 0. The molecular formula is C10H20NO3S+. The third-order valence-electron chi connectivity index (χ3n) is 4.07. The van der Waals surface area contributed by atoms with Crippen LogP contribution < -0.4 is 0 Å². The van der Waals surface area contributed by atoms with Crippen LogP contribution in [0.4, 0.5) is 0 Å². The predicted octanol–water partition coefficient (Wildman–Crippen LogP) is 0.895. The summed E-state index contributed by atoms with van der Waals surface area (Å²) in [5.41, 5.74) is 0. The Bertz CT molecular complexity index is 304. The van der Waals surface area contributed by atoms with Gasteiger partial charge in [-0.05, 0) is 25.2 Å². The van der Waals surface area contributed by atoms with Crippen molar-refractivity contribution in [1.29, 1.82) is 0 Å². The summed E-state index contributed by atoms with van der Waals surface area (Å²) in [5, 5.41) is 0. The van der Waals surface area contributed by atoms with E-state index >= 15 is 0 Å². The lowest BCUT2D eigenvalue weighted by atomic mass is 9.85. The molecule has 4 nitrogen and oxygen atoms in total. The van der Waals surface area contributed by atoms with Gasteiger partial charge < -0.3 is 4.48 Å². The summed E-state index contributed by atoms with van der Waals surface area (Å²) < 4.78 is 31.0. The molecule has 2 bridgehead atoms. The molecule has 0 amide bonds. The van der Waals surface area contributed by atoms with E-state index in [4.69, 9.17) is 4.55 Å². The first-order chi connectivity index (χ1) is 6.99. The second-order valence-corrected chi connectivity index (χ2v) is 6.68. The highest BCUT2D eigenvalue weighted by molar-refractivity contribution is 7.85. The number of quaternary nitrogens is 1. The van der Waals surface area contributed by atoms with Gasteiger partial charge in [0.1, 0.15) is 0 Å². The van der Waals surface area contributed by atoms with Crippen molar-refractivity contribution in [2.45, 2.75) is 25.7 Å². The minimum Gasteiger partial charge on any atom is -0.324 e. The van der Waals surface area contributed by atoms with Gasteiger partial charge in [-0.1, -0.05) is 0 Å². The smallest absolute Gasteiger partial charge is 0.265 e. The second kappa shape index (κ2) is 4.03. The van der Waals surface area contributed by atoms with Crippen molar-refractivity contribution in [3.63, 3.8) is 0 Å². The van der Waals surface area contributed by atoms with Gasteiger partial charge in [-0.3, -0.25) is 4.55 Å². The lowest BCUT2D eigenvalue weighted by Gasteiger charge is -2.49. The Hall–Kier alpha value is -0.130. The van der Waals surface area contributed by atoms with Crippen molar-refractivity contribution in [2.24, 2.45) is 5.92 Å². The molecule has 0 unspecified atom stereocenters. The molecule has 0 aliphatic carbocycles. The number of hydrogen-bond acceptors (Lipinski definition) is 2. The molecule has 0 aromatic heterocycles. The first kappa shape index (κ1) is 11.4. The monoisotopic (exact) mass is 234 g/mol. The third kappa shape index (κ3) is 2.92. The molecule has 0 saturated carbocycles. The maximum atomic E-state index is 10.6. The molecule has 3 rings (SSSR count). The van der Waals surface area contributed by atoms with Crippen molar-refractivity contribution in [3.05, 3.63) is 0 Å². The molecule has 3 aliphatic heterocycles. The number of hydrogen-bond donors (Lipinski definition) is 1. The Morgan fingerprint density at radius 1 is 1.13 bits per heavy atom. The molecular weight excluding hydrogens is 214 g/mol. The molecule has 3 fully saturated rings. The lowest BCUT2D eigenvalue weighted by Crippen LogP contribution is -2.58. The van der Waals surface area contributed by atoms with Crippen LogP contribution >= 0.6 is 0 Å². The summed E-state index contributed by atoms with van der Waals surface area (Å²) in [6.07, 6.45) is 4.53. The van der Waals surface area contributed by atoms with Gasteiger partial charge in [0.15, 0.2) is 0 Å². The summed E-state index contributed by atoms with van der Waals surface area (Å²) in [4.78, 5) is 0. The van der Waals surface area contributed by atoms with Crippen LogP contribution in [0.1, 0.15) is 25.7 Å². The van der Waals surface area contributed by atoms with Gasteiger partial charge in [-0.25, -0.2) is 0 Å². The first-order valence-electron chi connectivity index (χ1n) is 5.79. The lowest BCUT2D eigenvalue weighted by molar-refractivity contribution is -0.942. The van der Waals surface area contributed by atoms with Crippen LogP contribution in [0.3, 0.4) is 0 Å². The predicted molar refractivity (Wildman–Crippen MR) is 58.1 cm³/mol. The van der Waals surface area contributed by atoms with Crippen LogP contribution in [-0.4, -0.2) is 49.4 Å². The van der Waals surface area contributed by atoms with Gasteiger partial charge in [-0.2, -0.15) is 8.42 Å². The zero-order valence-corrected chi connectivity index (χ0v) is 9.88. The van der Waals surface area contributed by atoms with E-state index in [9.17, 15) is 8.42 Å². The van der Waals surface area contributed by atoms with E-state index in [2.05, 4.69) is 0 Å². The molecule has 0 atom stereocenters. The standard InChI is InChI=1S/C10H19NO3S/c12-15(13,14)9-1-5-11-6-2-10(3-7-11)4-8-11/h10H,1-9H2/p+1. The van der Waals surface area contributed by atoms with Gasteiger partial charge in [0.05, 0.1) is 31.9 Å². The zero-order valence-electron chi connectivity index (χ0n) is 9.06. The van der Waals surface area contributed by atoms with Gasteiger partial charge in [0.2, 0.25) is 0 Å². The molecule has 1 N–H and O–H groups in total. The van der Waals surface area contributed by atoms with E-state index in [0.29, 0.717) is 6.42 Å². The van der Waals surface area contributed by atoms with E-state index in [1.807, 2.05) is 0 Å². The Balaban J connectivity index is 1.83. The highest BCUT2D eigenvalue weighted by Gasteiger charge is 2.39. The molecule has 5 heteroatoms. The number of fused-ring (bicyclic) bond motifs is 3. The quantitative estimate of drug-likeness (QED) is 0.580. The number of rotatable bonds is 4. The fourth-order valence-corrected chi connectivity index (χ4v) is 3.55. The largest absolute Gasteiger partial charge is 0.324 e. The fourth-order valence-electron chi connectivity index (χ4n) is 3.06. The molecule has 0 spiro atoms. The summed E-state index contributed by atoms with van der Waals surface area (Å²) >= 11 is 0. The van der Waals surface area contributed by atoms with Crippen LogP contribution in [0.2, 0.25) is 0 Å². The van der Waals surface area contributed by atoms with Crippen molar-refractivity contribution >= 4 is 10.1 Å². The van der Waals surface area contributed by atoms with Crippen LogP contribution in [0.25, 0.3) is 0 Å². The number of piperidine rings is 3. The van der Waals surface area contributed by atoms with Gasteiger partial charge in [-0.15, -0.1) is 0 Å². The van der Waals surface area contributed by atoms with Crippen molar-refractivity contribution in [3.8, 4) is 0 Å². The minimum absolute atomic E-state index is 0.0730. The average molecular weight is 234 g/mol. The van der Waals surface area contributed by atoms with Crippen LogP contribution in [0.5, 0.6) is 0 Å². The molecule has 3 heterocycles. The maximum absolute atomic E-state index is 10.6. The van der Waals surface area contributed by atoms with E-state index in [1.165, 1.54) is 38.9 Å². The SMILES string of the molecule is O=S(=O)(O)CCC[N+]12CCC(CC1)CC2. The molecule has 3 aliphatic rings. The maximum Gasteiger partial charge on any atom is 0.265 e. The molecule has 0 aromatic carbocycles. The Kier molecular flexibility index (Phi) is 3.05. The third-order valence-corrected chi connectivity index (χ3v) is 4.87. The van der Waals surface area contributed by atoms with Crippen molar-refractivity contribution in [2.75, 3.05) is 31.9 Å². The van der Waals surface area contributed by atoms with Gasteiger partial charge in [0.25, 0.3) is 10.1 Å². The minimum atomic E-state index is -3.76. The highest BCUT2D eigenvalue weighted by Crippen LogP contribution is 2.33. The molecule has 0 aromatic rings. The molecule has 15 heavy (non-hydrogen) atoms. The van der Waals surface area contributed by atoms with E-state index in [-0.39, 0.29) is 5.75 Å². The van der Waals surface area contributed by atoms with E-state index < -0.39 is 10.1 Å². The fraction of sp³-hybridized carbons (Fsp3) is 1.00.